The fourth-order valence-electron chi connectivity index (χ4n) is 2.14. The number of unbranched alkanes of at least 4 members (excludes halogenated alkanes) is 1. The maximum absolute atomic E-state index is 12.2. The third kappa shape index (κ3) is 3.55. The molecule has 2 rings (SSSR count). The Hall–Kier alpha value is -2.01. The van der Waals surface area contributed by atoms with E-state index in [1.165, 1.54) is 0 Å². The van der Waals surface area contributed by atoms with E-state index >= 15 is 0 Å². The molecule has 1 heterocycles. The van der Waals surface area contributed by atoms with Crippen molar-refractivity contribution in [1.29, 1.82) is 0 Å². The van der Waals surface area contributed by atoms with Gasteiger partial charge in [0.1, 0.15) is 11.7 Å². The molecule has 3 N–H and O–H groups in total. The number of carbonyl (C=O) groups excluding carboxylic acids is 1. The second-order valence-corrected chi connectivity index (χ2v) is 5.30. The summed E-state index contributed by atoms with van der Waals surface area (Å²) in [6.07, 6.45) is 2.04. The van der Waals surface area contributed by atoms with Crippen molar-refractivity contribution in [2.24, 2.45) is 0 Å². The van der Waals surface area contributed by atoms with E-state index in [0.29, 0.717) is 22.7 Å². The van der Waals surface area contributed by atoms with Crippen LogP contribution in [0, 0.1) is 0 Å². The molecule has 1 aromatic heterocycles. The number of amides is 1. The number of aromatic nitrogens is 1. The van der Waals surface area contributed by atoms with Crippen molar-refractivity contribution in [2.75, 3.05) is 0 Å². The summed E-state index contributed by atoms with van der Waals surface area (Å²) in [7, 11) is 0. The minimum absolute atomic E-state index is 0.306. The first-order valence-electron chi connectivity index (χ1n) is 6.83. The molecule has 112 valence electrons. The monoisotopic (exact) mass is 308 g/mol. The first-order valence-corrected chi connectivity index (χ1v) is 7.21. The Morgan fingerprint density at radius 3 is 2.81 bits per heavy atom. The number of nitrogens with one attached hydrogen (secondary N) is 2. The van der Waals surface area contributed by atoms with E-state index in [0.717, 1.165) is 18.2 Å². The highest BCUT2D eigenvalue weighted by atomic mass is 35.5. The number of halogens is 1. The van der Waals surface area contributed by atoms with Crippen LogP contribution < -0.4 is 5.32 Å². The van der Waals surface area contributed by atoms with Gasteiger partial charge in [-0.15, -0.1) is 0 Å². The summed E-state index contributed by atoms with van der Waals surface area (Å²) in [5.41, 5.74) is 0.977. The lowest BCUT2D eigenvalue weighted by Crippen LogP contribution is -2.40. The van der Waals surface area contributed by atoms with Crippen molar-refractivity contribution >= 4 is 34.4 Å². The van der Waals surface area contributed by atoms with E-state index in [9.17, 15) is 9.59 Å². The van der Waals surface area contributed by atoms with E-state index in [1.807, 2.05) is 13.0 Å². The molecule has 21 heavy (non-hydrogen) atoms. The second-order valence-electron chi connectivity index (χ2n) is 4.89. The van der Waals surface area contributed by atoms with Gasteiger partial charge < -0.3 is 15.4 Å². The number of rotatable bonds is 6. The molecule has 0 bridgehead atoms. The van der Waals surface area contributed by atoms with Gasteiger partial charge in [0.15, 0.2) is 0 Å². The fraction of sp³-hybridized carbons (Fsp3) is 0.333. The van der Waals surface area contributed by atoms with Gasteiger partial charge in [-0.25, -0.2) is 4.79 Å². The highest BCUT2D eigenvalue weighted by Gasteiger charge is 2.21. The fourth-order valence-corrected chi connectivity index (χ4v) is 2.37. The Morgan fingerprint density at radius 1 is 1.43 bits per heavy atom. The molecular formula is C15H17ClN2O3. The number of aliphatic carboxylic acids is 1. The van der Waals surface area contributed by atoms with Gasteiger partial charge in [0.25, 0.3) is 5.91 Å². The van der Waals surface area contributed by atoms with E-state index in [-0.39, 0.29) is 0 Å². The summed E-state index contributed by atoms with van der Waals surface area (Å²) < 4.78 is 0. The maximum atomic E-state index is 12.2. The van der Waals surface area contributed by atoms with Crippen LogP contribution in [0.2, 0.25) is 5.02 Å². The highest BCUT2D eigenvalue weighted by molar-refractivity contribution is 6.35. The Morgan fingerprint density at radius 2 is 2.19 bits per heavy atom. The average Bonchev–Trinajstić information content (AvgIpc) is 2.88. The van der Waals surface area contributed by atoms with Gasteiger partial charge in [-0.3, -0.25) is 4.79 Å². The van der Waals surface area contributed by atoms with Crippen LogP contribution in [0.5, 0.6) is 0 Å². The quantitative estimate of drug-likeness (QED) is 0.766. The molecule has 1 unspecified atom stereocenters. The largest absolute Gasteiger partial charge is 0.480 e. The van der Waals surface area contributed by atoms with Crippen molar-refractivity contribution in [1.82, 2.24) is 10.3 Å². The minimum Gasteiger partial charge on any atom is -0.480 e. The molecule has 2 aromatic rings. The molecule has 1 amide bonds. The van der Waals surface area contributed by atoms with Crippen LogP contribution in [0.4, 0.5) is 0 Å². The third-order valence-electron chi connectivity index (χ3n) is 3.30. The van der Waals surface area contributed by atoms with Gasteiger partial charge in [-0.1, -0.05) is 43.5 Å². The molecule has 0 radical (unpaired) electrons. The van der Waals surface area contributed by atoms with Gasteiger partial charge in [-0.05, 0) is 18.6 Å². The number of fused-ring (bicyclic) bond motifs is 1. The predicted molar refractivity (Wildman–Crippen MR) is 81.7 cm³/mol. The maximum Gasteiger partial charge on any atom is 0.326 e. The second kappa shape index (κ2) is 6.63. The number of para-hydroxylation sites is 1. The van der Waals surface area contributed by atoms with Gasteiger partial charge in [0, 0.05) is 5.39 Å². The van der Waals surface area contributed by atoms with Crippen molar-refractivity contribution < 1.29 is 14.7 Å². The summed E-state index contributed by atoms with van der Waals surface area (Å²) in [5.74, 6) is -1.46. The molecule has 0 saturated carbocycles. The van der Waals surface area contributed by atoms with E-state index in [1.54, 1.807) is 18.2 Å². The summed E-state index contributed by atoms with van der Waals surface area (Å²) in [4.78, 5) is 26.2. The van der Waals surface area contributed by atoms with E-state index < -0.39 is 17.9 Å². The van der Waals surface area contributed by atoms with Crippen LogP contribution in [0.15, 0.2) is 24.3 Å². The normalized spacial score (nSPS) is 12.3. The molecule has 0 aliphatic heterocycles. The van der Waals surface area contributed by atoms with E-state index in [4.69, 9.17) is 16.7 Å². The Balaban J connectivity index is 2.17. The molecule has 0 aliphatic rings. The summed E-state index contributed by atoms with van der Waals surface area (Å²) in [5, 5.41) is 13.0. The SMILES string of the molecule is CCCCC(NC(=O)c1cc2cccc(Cl)c2[nH]1)C(=O)O. The minimum atomic E-state index is -1.02. The topological polar surface area (TPSA) is 82.2 Å². The highest BCUT2D eigenvalue weighted by Crippen LogP contribution is 2.23. The number of aromatic amines is 1. The molecule has 1 aromatic carbocycles. The number of H-pyrrole nitrogens is 1. The Labute approximate surface area is 127 Å². The van der Waals surface area contributed by atoms with Crippen LogP contribution in [0.3, 0.4) is 0 Å². The zero-order valence-electron chi connectivity index (χ0n) is 11.6. The van der Waals surface area contributed by atoms with Crippen LogP contribution in [-0.4, -0.2) is 28.0 Å². The molecule has 0 saturated heterocycles. The predicted octanol–water partition coefficient (Wildman–Crippen LogP) is 3.19. The lowest BCUT2D eigenvalue weighted by Gasteiger charge is -2.13. The van der Waals surface area contributed by atoms with Crippen molar-refractivity contribution in [2.45, 2.75) is 32.2 Å². The summed E-state index contributed by atoms with van der Waals surface area (Å²) >= 11 is 6.04. The Kier molecular flexibility index (Phi) is 4.85. The van der Waals surface area contributed by atoms with Crippen molar-refractivity contribution in [3.05, 3.63) is 35.0 Å². The number of carbonyl (C=O) groups is 2. The number of benzene rings is 1. The molecule has 0 spiro atoms. The molecule has 6 heteroatoms. The van der Waals surface area contributed by atoms with Gasteiger partial charge >= 0.3 is 5.97 Å². The molecular weight excluding hydrogens is 292 g/mol. The van der Waals surface area contributed by atoms with Crippen LogP contribution in [-0.2, 0) is 4.79 Å². The van der Waals surface area contributed by atoms with Gasteiger partial charge in [-0.2, -0.15) is 0 Å². The lowest BCUT2D eigenvalue weighted by molar-refractivity contribution is -0.139. The summed E-state index contributed by atoms with van der Waals surface area (Å²) in [6.45, 7) is 1.97. The number of hydrogen-bond donors (Lipinski definition) is 3. The van der Waals surface area contributed by atoms with E-state index in [2.05, 4.69) is 10.3 Å². The van der Waals surface area contributed by atoms with Crippen molar-refractivity contribution in [3.8, 4) is 0 Å². The number of carboxylic acids is 1. The van der Waals surface area contributed by atoms with Crippen LogP contribution >= 0.6 is 11.6 Å². The molecule has 1 atom stereocenters. The zero-order chi connectivity index (χ0) is 15.4. The average molecular weight is 309 g/mol. The molecule has 0 fully saturated rings. The summed E-state index contributed by atoms with van der Waals surface area (Å²) in [6, 6.07) is 6.14. The standard InChI is InChI=1S/C15H17ClN2O3/c1-2-3-7-11(15(20)21)18-14(19)12-8-9-5-4-6-10(16)13(9)17-12/h4-6,8,11,17H,2-3,7H2,1H3,(H,18,19)(H,20,21). The smallest absolute Gasteiger partial charge is 0.326 e. The third-order valence-corrected chi connectivity index (χ3v) is 3.61. The zero-order valence-corrected chi connectivity index (χ0v) is 12.4. The van der Waals surface area contributed by atoms with Gasteiger partial charge in [0.2, 0.25) is 0 Å². The first-order chi connectivity index (χ1) is 10.0. The first kappa shape index (κ1) is 15.4. The van der Waals surface area contributed by atoms with Crippen LogP contribution in [0.1, 0.15) is 36.7 Å². The Bertz CT molecular complexity index is 666. The van der Waals surface area contributed by atoms with Crippen molar-refractivity contribution in [3.63, 3.8) is 0 Å². The number of carboxylic acid groups (broad SMARTS) is 1. The molecule has 0 aliphatic carbocycles. The van der Waals surface area contributed by atoms with Crippen LogP contribution in [0.25, 0.3) is 10.9 Å². The molecule has 5 nitrogen and oxygen atoms in total. The van der Waals surface area contributed by atoms with Gasteiger partial charge in [0.05, 0.1) is 10.5 Å². The lowest BCUT2D eigenvalue weighted by atomic mass is 10.1. The number of hydrogen-bond acceptors (Lipinski definition) is 2.